The maximum absolute atomic E-state index is 13.4. The maximum Gasteiger partial charge on any atom is 0.253 e. The normalized spacial score (nSPS) is 18.7. The Morgan fingerprint density at radius 3 is 2.36 bits per heavy atom. The Labute approximate surface area is 197 Å². The Morgan fingerprint density at radius 1 is 0.909 bits per heavy atom. The molecule has 2 aliphatic heterocycles. The van der Waals surface area contributed by atoms with Crippen molar-refractivity contribution >= 4 is 23.2 Å². The number of hydrogen-bond acceptors (Lipinski definition) is 5. The molecule has 2 aliphatic rings. The van der Waals surface area contributed by atoms with Crippen LogP contribution in [0.3, 0.4) is 0 Å². The van der Waals surface area contributed by atoms with Crippen LogP contribution in [0.2, 0.25) is 0 Å². The third-order valence-corrected chi connectivity index (χ3v) is 7.53. The van der Waals surface area contributed by atoms with Crippen molar-refractivity contribution in [3.63, 3.8) is 0 Å². The Hall–Kier alpha value is -3.16. The van der Waals surface area contributed by atoms with E-state index in [1.165, 1.54) is 22.6 Å². The van der Waals surface area contributed by atoms with Gasteiger partial charge in [-0.25, -0.2) is 0 Å². The number of nitrogens with zero attached hydrogens (tertiary/aromatic N) is 3. The van der Waals surface area contributed by atoms with Crippen LogP contribution in [0.1, 0.15) is 32.4 Å². The lowest BCUT2D eigenvalue weighted by Crippen LogP contribution is -2.52. The molecule has 170 valence electrons. The van der Waals surface area contributed by atoms with E-state index in [0.29, 0.717) is 38.3 Å². The van der Waals surface area contributed by atoms with Gasteiger partial charge >= 0.3 is 0 Å². The molecule has 3 heterocycles. The number of amides is 2. The summed E-state index contributed by atoms with van der Waals surface area (Å²) in [4.78, 5) is 33.5. The smallest absolute Gasteiger partial charge is 0.253 e. The molecule has 5 rings (SSSR count). The molecule has 0 saturated carbocycles. The minimum absolute atomic E-state index is 0.0360. The van der Waals surface area contributed by atoms with Crippen LogP contribution in [0.15, 0.2) is 66.0 Å². The van der Waals surface area contributed by atoms with Gasteiger partial charge in [0.05, 0.1) is 12.6 Å². The molecule has 1 atom stereocenters. The monoisotopic (exact) mass is 461 g/mol. The highest BCUT2D eigenvalue weighted by Crippen LogP contribution is 2.37. The molecule has 0 radical (unpaired) electrons. The number of aromatic hydroxyl groups is 1. The largest absolute Gasteiger partial charge is 0.508 e. The second-order valence-corrected chi connectivity index (χ2v) is 9.57. The SMILES string of the molecule is O=C(c1ccc(O)cc1)N1CCN(CC(=O)N2CCc3sccc3C2c2ccccc2)CC1. The summed E-state index contributed by atoms with van der Waals surface area (Å²) in [6.45, 7) is 3.61. The van der Waals surface area contributed by atoms with E-state index in [9.17, 15) is 14.7 Å². The van der Waals surface area contributed by atoms with Crippen LogP contribution >= 0.6 is 11.3 Å². The molecule has 3 aromatic rings. The Morgan fingerprint density at radius 2 is 1.64 bits per heavy atom. The summed E-state index contributed by atoms with van der Waals surface area (Å²) in [6.07, 6.45) is 0.900. The zero-order chi connectivity index (χ0) is 22.8. The first-order valence-corrected chi connectivity index (χ1v) is 12.2. The highest BCUT2D eigenvalue weighted by Gasteiger charge is 2.34. The first kappa shape index (κ1) is 21.7. The van der Waals surface area contributed by atoms with Gasteiger partial charge in [-0.15, -0.1) is 11.3 Å². The predicted molar refractivity (Wildman–Crippen MR) is 128 cm³/mol. The number of phenolic OH excluding ortho intramolecular Hbond substituents is 1. The molecule has 0 aliphatic carbocycles. The van der Waals surface area contributed by atoms with E-state index in [0.717, 1.165) is 18.5 Å². The average Bonchev–Trinajstić information content (AvgIpc) is 3.33. The Bertz CT molecular complexity index is 1120. The zero-order valence-electron chi connectivity index (χ0n) is 18.4. The molecule has 2 aromatic carbocycles. The summed E-state index contributed by atoms with van der Waals surface area (Å²) < 4.78 is 0. The number of fused-ring (bicyclic) bond motifs is 1. The predicted octanol–water partition coefficient (Wildman–Crippen LogP) is 3.39. The lowest BCUT2D eigenvalue weighted by molar-refractivity contribution is -0.134. The van der Waals surface area contributed by atoms with Crippen molar-refractivity contribution in [2.45, 2.75) is 12.5 Å². The van der Waals surface area contributed by atoms with E-state index in [1.807, 2.05) is 28.0 Å². The van der Waals surface area contributed by atoms with Gasteiger partial charge in [-0.3, -0.25) is 14.5 Å². The van der Waals surface area contributed by atoms with Crippen molar-refractivity contribution in [2.24, 2.45) is 0 Å². The van der Waals surface area contributed by atoms with Gasteiger partial charge < -0.3 is 14.9 Å². The summed E-state index contributed by atoms with van der Waals surface area (Å²) in [7, 11) is 0. The van der Waals surface area contributed by atoms with Gasteiger partial charge in [-0.1, -0.05) is 30.3 Å². The second-order valence-electron chi connectivity index (χ2n) is 8.56. The Balaban J connectivity index is 1.23. The van der Waals surface area contributed by atoms with Crippen LogP contribution in [0.25, 0.3) is 0 Å². The third-order valence-electron chi connectivity index (χ3n) is 6.53. The molecule has 1 unspecified atom stereocenters. The van der Waals surface area contributed by atoms with Gasteiger partial charge in [0.1, 0.15) is 5.75 Å². The van der Waals surface area contributed by atoms with Crippen LogP contribution in [0, 0.1) is 0 Å². The van der Waals surface area contributed by atoms with E-state index in [2.05, 4.69) is 28.5 Å². The van der Waals surface area contributed by atoms with Gasteiger partial charge in [-0.05, 0) is 53.3 Å². The zero-order valence-corrected chi connectivity index (χ0v) is 19.2. The molecular weight excluding hydrogens is 434 g/mol. The van der Waals surface area contributed by atoms with Crippen molar-refractivity contribution in [3.05, 3.63) is 87.6 Å². The maximum atomic E-state index is 13.4. The average molecular weight is 462 g/mol. The van der Waals surface area contributed by atoms with Gasteiger partial charge in [0.15, 0.2) is 0 Å². The summed E-state index contributed by atoms with van der Waals surface area (Å²) in [5.41, 5.74) is 2.97. The minimum atomic E-state index is -0.0361. The fraction of sp³-hybridized carbons (Fsp3) is 0.308. The molecule has 6 nitrogen and oxygen atoms in total. The molecule has 33 heavy (non-hydrogen) atoms. The van der Waals surface area contributed by atoms with E-state index in [4.69, 9.17) is 0 Å². The van der Waals surface area contributed by atoms with Crippen molar-refractivity contribution in [1.82, 2.24) is 14.7 Å². The first-order valence-electron chi connectivity index (χ1n) is 11.3. The number of piperazine rings is 1. The minimum Gasteiger partial charge on any atom is -0.508 e. The van der Waals surface area contributed by atoms with Crippen LogP contribution < -0.4 is 0 Å². The molecule has 0 bridgehead atoms. The summed E-state index contributed by atoms with van der Waals surface area (Å²) in [5, 5.41) is 11.6. The first-order chi connectivity index (χ1) is 16.1. The van der Waals surface area contributed by atoms with E-state index < -0.39 is 0 Å². The quantitative estimate of drug-likeness (QED) is 0.647. The van der Waals surface area contributed by atoms with Crippen molar-refractivity contribution in [3.8, 4) is 5.75 Å². The molecule has 1 N–H and O–H groups in total. The van der Waals surface area contributed by atoms with Gasteiger partial charge in [0, 0.05) is 43.2 Å². The summed E-state index contributed by atoms with van der Waals surface area (Å²) >= 11 is 1.78. The molecule has 1 aromatic heterocycles. The topological polar surface area (TPSA) is 64.1 Å². The number of carbonyl (C=O) groups excluding carboxylic acids is 2. The fourth-order valence-corrected chi connectivity index (χ4v) is 5.66. The van der Waals surface area contributed by atoms with E-state index in [-0.39, 0.29) is 23.6 Å². The molecule has 0 spiro atoms. The standard InChI is InChI=1S/C26H27N3O3S/c30-21-8-6-20(7-9-21)26(32)28-15-13-27(14-16-28)18-24(31)29-12-10-23-22(11-17-33-23)25(29)19-4-2-1-3-5-19/h1-9,11,17,25,30H,10,12-16,18H2. The van der Waals surface area contributed by atoms with Crippen LogP contribution in [0.4, 0.5) is 0 Å². The van der Waals surface area contributed by atoms with Crippen molar-refractivity contribution in [1.29, 1.82) is 0 Å². The van der Waals surface area contributed by atoms with Crippen LogP contribution in [0.5, 0.6) is 5.75 Å². The molecule has 7 heteroatoms. The fourth-order valence-electron chi connectivity index (χ4n) is 4.76. The number of rotatable bonds is 4. The second kappa shape index (κ2) is 9.37. The van der Waals surface area contributed by atoms with Crippen molar-refractivity contribution in [2.75, 3.05) is 39.3 Å². The van der Waals surface area contributed by atoms with Crippen LogP contribution in [-0.4, -0.2) is 70.9 Å². The molecular formula is C26H27N3O3S. The summed E-state index contributed by atoms with van der Waals surface area (Å²) in [5.74, 6) is 0.251. The number of phenols is 1. The molecule has 2 amide bonds. The molecule has 1 fully saturated rings. The lowest BCUT2D eigenvalue weighted by atomic mass is 9.93. The van der Waals surface area contributed by atoms with Gasteiger partial charge in [0.2, 0.25) is 5.91 Å². The van der Waals surface area contributed by atoms with Crippen molar-refractivity contribution < 1.29 is 14.7 Å². The number of carbonyl (C=O) groups is 2. The van der Waals surface area contributed by atoms with Crippen LogP contribution in [-0.2, 0) is 11.2 Å². The van der Waals surface area contributed by atoms with Gasteiger partial charge in [0.25, 0.3) is 5.91 Å². The van der Waals surface area contributed by atoms with Gasteiger partial charge in [-0.2, -0.15) is 0 Å². The Kier molecular flexibility index (Phi) is 6.15. The number of hydrogen-bond donors (Lipinski definition) is 1. The highest BCUT2D eigenvalue weighted by atomic mass is 32.1. The molecule has 1 saturated heterocycles. The third kappa shape index (κ3) is 4.51. The summed E-state index contributed by atoms with van der Waals surface area (Å²) in [6, 6.07) is 18.7. The highest BCUT2D eigenvalue weighted by molar-refractivity contribution is 7.10. The van der Waals surface area contributed by atoms with E-state index in [1.54, 1.807) is 23.5 Å². The number of thiophene rings is 1. The lowest BCUT2D eigenvalue weighted by Gasteiger charge is -2.39. The van der Waals surface area contributed by atoms with E-state index >= 15 is 0 Å². The number of benzene rings is 2.